The third kappa shape index (κ3) is 3.91. The molecule has 0 unspecified atom stereocenters. The summed E-state index contributed by atoms with van der Waals surface area (Å²) in [6.45, 7) is 3.45. The summed E-state index contributed by atoms with van der Waals surface area (Å²) >= 11 is 0. The highest BCUT2D eigenvalue weighted by molar-refractivity contribution is 6.39. The number of carbonyl (C=O) groups is 2. The molecular formula is C17H17FN2O2. The number of nitrogens with one attached hydrogen (secondary N) is 2. The zero-order chi connectivity index (χ0) is 16.1. The maximum absolute atomic E-state index is 13.0. The van der Waals surface area contributed by atoms with Crippen LogP contribution in [-0.4, -0.2) is 11.8 Å². The van der Waals surface area contributed by atoms with Crippen molar-refractivity contribution in [3.63, 3.8) is 0 Å². The smallest absolute Gasteiger partial charge is 0.313 e. The van der Waals surface area contributed by atoms with Gasteiger partial charge in [0, 0.05) is 5.69 Å². The van der Waals surface area contributed by atoms with Crippen LogP contribution in [0.25, 0.3) is 0 Å². The Labute approximate surface area is 128 Å². The van der Waals surface area contributed by atoms with Crippen LogP contribution in [0.4, 0.5) is 10.1 Å². The lowest BCUT2D eigenvalue weighted by molar-refractivity contribution is -0.136. The SMILES string of the molecule is Cc1cc(F)ccc1NC(=O)C(=O)N[C@@H](C)c1ccccc1. The molecule has 0 aliphatic carbocycles. The zero-order valence-corrected chi connectivity index (χ0v) is 12.4. The van der Waals surface area contributed by atoms with E-state index in [4.69, 9.17) is 0 Å². The van der Waals surface area contributed by atoms with Crippen LogP contribution in [0.2, 0.25) is 0 Å². The highest BCUT2D eigenvalue weighted by Crippen LogP contribution is 2.16. The first-order valence-corrected chi connectivity index (χ1v) is 6.90. The van der Waals surface area contributed by atoms with Gasteiger partial charge >= 0.3 is 11.8 Å². The Hall–Kier alpha value is -2.69. The van der Waals surface area contributed by atoms with Crippen LogP contribution >= 0.6 is 0 Å². The van der Waals surface area contributed by atoms with Crippen LogP contribution in [0, 0.1) is 12.7 Å². The van der Waals surface area contributed by atoms with E-state index in [1.54, 1.807) is 13.8 Å². The van der Waals surface area contributed by atoms with E-state index in [1.165, 1.54) is 18.2 Å². The van der Waals surface area contributed by atoms with Gasteiger partial charge in [0.15, 0.2) is 0 Å². The zero-order valence-electron chi connectivity index (χ0n) is 12.4. The fourth-order valence-corrected chi connectivity index (χ4v) is 2.03. The van der Waals surface area contributed by atoms with E-state index in [2.05, 4.69) is 10.6 Å². The molecular weight excluding hydrogens is 283 g/mol. The van der Waals surface area contributed by atoms with Crippen molar-refractivity contribution < 1.29 is 14.0 Å². The van der Waals surface area contributed by atoms with E-state index in [-0.39, 0.29) is 6.04 Å². The van der Waals surface area contributed by atoms with Crippen molar-refractivity contribution in [2.75, 3.05) is 5.32 Å². The molecule has 1 atom stereocenters. The van der Waals surface area contributed by atoms with Gasteiger partial charge in [0.25, 0.3) is 0 Å². The van der Waals surface area contributed by atoms with Gasteiger partial charge in [-0.3, -0.25) is 9.59 Å². The van der Waals surface area contributed by atoms with Crippen molar-refractivity contribution in [1.82, 2.24) is 5.32 Å². The Kier molecular flexibility index (Phi) is 4.88. The van der Waals surface area contributed by atoms with Crippen LogP contribution in [0.1, 0.15) is 24.1 Å². The van der Waals surface area contributed by atoms with E-state index in [0.717, 1.165) is 5.56 Å². The van der Waals surface area contributed by atoms with Gasteiger partial charge in [0.05, 0.1) is 6.04 Å². The summed E-state index contributed by atoms with van der Waals surface area (Å²) in [7, 11) is 0. The minimum atomic E-state index is -0.780. The fraction of sp³-hybridized carbons (Fsp3) is 0.176. The Balaban J connectivity index is 1.99. The van der Waals surface area contributed by atoms with Crippen LogP contribution in [0.5, 0.6) is 0 Å². The summed E-state index contributed by atoms with van der Waals surface area (Å²) in [5, 5.41) is 5.10. The van der Waals surface area contributed by atoms with Crippen molar-refractivity contribution in [2.24, 2.45) is 0 Å². The van der Waals surface area contributed by atoms with E-state index in [1.807, 2.05) is 30.3 Å². The molecule has 114 valence electrons. The number of hydrogen-bond acceptors (Lipinski definition) is 2. The summed E-state index contributed by atoms with van der Waals surface area (Å²) in [5.74, 6) is -1.91. The first-order chi connectivity index (χ1) is 10.5. The molecule has 0 fully saturated rings. The van der Waals surface area contributed by atoms with Gasteiger partial charge in [0.2, 0.25) is 0 Å². The first-order valence-electron chi connectivity index (χ1n) is 6.90. The largest absolute Gasteiger partial charge is 0.341 e. The third-order valence-corrected chi connectivity index (χ3v) is 3.29. The van der Waals surface area contributed by atoms with Gasteiger partial charge in [-0.25, -0.2) is 4.39 Å². The Bertz CT molecular complexity index is 686. The number of carbonyl (C=O) groups excluding carboxylic acids is 2. The van der Waals surface area contributed by atoms with E-state index in [9.17, 15) is 14.0 Å². The highest BCUT2D eigenvalue weighted by Gasteiger charge is 2.17. The fourth-order valence-electron chi connectivity index (χ4n) is 2.03. The first kappa shape index (κ1) is 15.7. The minimum Gasteiger partial charge on any atom is -0.341 e. The molecule has 22 heavy (non-hydrogen) atoms. The number of amides is 2. The van der Waals surface area contributed by atoms with E-state index < -0.39 is 17.6 Å². The van der Waals surface area contributed by atoms with Crippen molar-refractivity contribution >= 4 is 17.5 Å². The molecule has 0 saturated carbocycles. The molecule has 0 spiro atoms. The topological polar surface area (TPSA) is 58.2 Å². The third-order valence-electron chi connectivity index (χ3n) is 3.29. The predicted octanol–water partition coefficient (Wildman–Crippen LogP) is 2.95. The average Bonchev–Trinajstić information content (AvgIpc) is 2.50. The second-order valence-electron chi connectivity index (χ2n) is 5.02. The van der Waals surface area contributed by atoms with Crippen molar-refractivity contribution in [3.05, 3.63) is 65.5 Å². The predicted molar refractivity (Wildman–Crippen MR) is 82.8 cm³/mol. The lowest BCUT2D eigenvalue weighted by Crippen LogP contribution is -2.37. The lowest BCUT2D eigenvalue weighted by atomic mass is 10.1. The summed E-state index contributed by atoms with van der Waals surface area (Å²) in [4.78, 5) is 23.8. The number of hydrogen-bond donors (Lipinski definition) is 2. The Morgan fingerprint density at radius 3 is 2.36 bits per heavy atom. The second kappa shape index (κ2) is 6.85. The Morgan fingerprint density at radius 2 is 1.73 bits per heavy atom. The molecule has 0 radical (unpaired) electrons. The molecule has 0 aliphatic heterocycles. The molecule has 5 heteroatoms. The minimum absolute atomic E-state index is 0.284. The average molecular weight is 300 g/mol. The Morgan fingerprint density at radius 1 is 1.05 bits per heavy atom. The quantitative estimate of drug-likeness (QED) is 0.856. The van der Waals surface area contributed by atoms with Crippen LogP contribution in [0.15, 0.2) is 48.5 Å². The molecule has 2 aromatic carbocycles. The van der Waals surface area contributed by atoms with Crippen molar-refractivity contribution in [1.29, 1.82) is 0 Å². The van der Waals surface area contributed by atoms with Gasteiger partial charge in [-0.05, 0) is 43.2 Å². The molecule has 2 rings (SSSR count). The molecule has 2 aromatic rings. The van der Waals surface area contributed by atoms with Crippen molar-refractivity contribution in [3.8, 4) is 0 Å². The van der Waals surface area contributed by atoms with E-state index in [0.29, 0.717) is 11.3 Å². The summed E-state index contributed by atoms with van der Waals surface area (Å²) in [5.41, 5.74) is 1.87. The van der Waals surface area contributed by atoms with Crippen LogP contribution < -0.4 is 10.6 Å². The molecule has 0 aliphatic rings. The van der Waals surface area contributed by atoms with Gasteiger partial charge in [-0.2, -0.15) is 0 Å². The molecule has 0 heterocycles. The molecule has 0 aromatic heterocycles. The standard InChI is InChI=1S/C17H17FN2O2/c1-11-10-14(18)8-9-15(11)20-17(22)16(21)19-12(2)13-6-4-3-5-7-13/h3-10,12H,1-2H3,(H,19,21)(H,20,22)/t12-/m0/s1. The van der Waals surface area contributed by atoms with Gasteiger partial charge < -0.3 is 10.6 Å². The number of benzene rings is 2. The molecule has 0 saturated heterocycles. The molecule has 4 nitrogen and oxygen atoms in total. The normalized spacial score (nSPS) is 11.6. The van der Waals surface area contributed by atoms with Gasteiger partial charge in [0.1, 0.15) is 5.82 Å². The lowest BCUT2D eigenvalue weighted by Gasteiger charge is -2.14. The van der Waals surface area contributed by atoms with Gasteiger partial charge in [-0.15, -0.1) is 0 Å². The summed E-state index contributed by atoms with van der Waals surface area (Å²) < 4.78 is 13.0. The molecule has 2 N–H and O–H groups in total. The summed E-state index contributed by atoms with van der Waals surface area (Å²) in [6, 6.07) is 13.0. The van der Waals surface area contributed by atoms with Crippen molar-refractivity contribution in [2.45, 2.75) is 19.9 Å². The highest BCUT2D eigenvalue weighted by atomic mass is 19.1. The second-order valence-corrected chi connectivity index (χ2v) is 5.02. The summed E-state index contributed by atoms with van der Waals surface area (Å²) in [6.07, 6.45) is 0. The monoisotopic (exact) mass is 300 g/mol. The number of anilines is 1. The van der Waals surface area contributed by atoms with E-state index >= 15 is 0 Å². The number of aryl methyl sites for hydroxylation is 1. The van der Waals surface area contributed by atoms with Crippen LogP contribution in [0.3, 0.4) is 0 Å². The van der Waals surface area contributed by atoms with Gasteiger partial charge in [-0.1, -0.05) is 30.3 Å². The molecule has 2 amide bonds. The number of halogens is 1. The number of rotatable bonds is 3. The van der Waals surface area contributed by atoms with Crippen LogP contribution in [-0.2, 0) is 9.59 Å². The maximum Gasteiger partial charge on any atom is 0.313 e. The molecule has 0 bridgehead atoms. The maximum atomic E-state index is 13.0.